The van der Waals surface area contributed by atoms with E-state index in [4.69, 9.17) is 4.74 Å². The SMILES string of the molecule is COCc1nc2ccccc2n1CC(=O)NCC(C)C. The van der Waals surface area contributed by atoms with Crippen LogP contribution in [0.1, 0.15) is 19.7 Å². The fourth-order valence-corrected chi connectivity index (χ4v) is 2.06. The van der Waals surface area contributed by atoms with Crippen LogP contribution in [-0.4, -0.2) is 29.1 Å². The molecule has 0 radical (unpaired) electrons. The molecule has 108 valence electrons. The van der Waals surface area contributed by atoms with Gasteiger partial charge in [-0.2, -0.15) is 0 Å². The van der Waals surface area contributed by atoms with Crippen LogP contribution in [0.4, 0.5) is 0 Å². The Morgan fingerprint density at radius 1 is 1.40 bits per heavy atom. The number of amides is 1. The molecule has 0 atom stereocenters. The fourth-order valence-electron chi connectivity index (χ4n) is 2.06. The van der Waals surface area contributed by atoms with E-state index in [1.807, 2.05) is 28.8 Å². The second-order valence-electron chi connectivity index (χ2n) is 5.23. The average Bonchev–Trinajstić information content (AvgIpc) is 2.75. The van der Waals surface area contributed by atoms with E-state index in [0.717, 1.165) is 16.9 Å². The molecule has 1 heterocycles. The molecule has 2 aromatic rings. The van der Waals surface area contributed by atoms with Crippen molar-refractivity contribution in [3.8, 4) is 0 Å². The maximum absolute atomic E-state index is 12.0. The summed E-state index contributed by atoms with van der Waals surface area (Å²) < 4.78 is 7.07. The molecule has 0 saturated heterocycles. The van der Waals surface area contributed by atoms with Gasteiger partial charge in [0.15, 0.2) is 0 Å². The molecular formula is C15H21N3O2. The predicted molar refractivity (Wildman–Crippen MR) is 78.3 cm³/mol. The highest BCUT2D eigenvalue weighted by Gasteiger charge is 2.13. The molecule has 5 nitrogen and oxygen atoms in total. The molecule has 2 rings (SSSR count). The highest BCUT2D eigenvalue weighted by molar-refractivity contribution is 5.81. The topological polar surface area (TPSA) is 56.2 Å². The van der Waals surface area contributed by atoms with Gasteiger partial charge in [0.25, 0.3) is 0 Å². The van der Waals surface area contributed by atoms with Crippen LogP contribution in [0.5, 0.6) is 0 Å². The number of aromatic nitrogens is 2. The van der Waals surface area contributed by atoms with Crippen molar-refractivity contribution in [1.29, 1.82) is 0 Å². The summed E-state index contributed by atoms with van der Waals surface area (Å²) in [6.07, 6.45) is 0. The fraction of sp³-hybridized carbons (Fsp3) is 0.467. The lowest BCUT2D eigenvalue weighted by atomic mass is 10.2. The van der Waals surface area contributed by atoms with E-state index in [2.05, 4.69) is 24.1 Å². The van der Waals surface area contributed by atoms with E-state index in [0.29, 0.717) is 19.1 Å². The molecule has 0 unspecified atom stereocenters. The van der Waals surface area contributed by atoms with Gasteiger partial charge in [-0.15, -0.1) is 0 Å². The van der Waals surface area contributed by atoms with Gasteiger partial charge in [0.05, 0.1) is 11.0 Å². The Morgan fingerprint density at radius 2 is 2.15 bits per heavy atom. The van der Waals surface area contributed by atoms with Crippen molar-refractivity contribution >= 4 is 16.9 Å². The minimum atomic E-state index is -0.000735. The first-order chi connectivity index (χ1) is 9.61. The Morgan fingerprint density at radius 3 is 2.85 bits per heavy atom. The zero-order chi connectivity index (χ0) is 14.5. The van der Waals surface area contributed by atoms with Gasteiger partial charge in [-0.05, 0) is 18.1 Å². The second-order valence-corrected chi connectivity index (χ2v) is 5.23. The third-order valence-corrected chi connectivity index (χ3v) is 3.02. The van der Waals surface area contributed by atoms with Crippen molar-refractivity contribution in [1.82, 2.24) is 14.9 Å². The third-order valence-electron chi connectivity index (χ3n) is 3.02. The summed E-state index contributed by atoms with van der Waals surface area (Å²) in [6, 6.07) is 7.80. The highest BCUT2D eigenvalue weighted by Crippen LogP contribution is 2.16. The summed E-state index contributed by atoms with van der Waals surface area (Å²) in [7, 11) is 1.63. The largest absolute Gasteiger partial charge is 0.377 e. The number of carbonyl (C=O) groups excluding carboxylic acids is 1. The number of rotatable bonds is 6. The number of hydrogen-bond donors (Lipinski definition) is 1. The lowest BCUT2D eigenvalue weighted by molar-refractivity contribution is -0.121. The Balaban J connectivity index is 2.22. The zero-order valence-corrected chi connectivity index (χ0v) is 12.2. The zero-order valence-electron chi connectivity index (χ0n) is 12.2. The first-order valence-corrected chi connectivity index (χ1v) is 6.81. The van der Waals surface area contributed by atoms with Gasteiger partial charge >= 0.3 is 0 Å². The summed E-state index contributed by atoms with van der Waals surface area (Å²) >= 11 is 0. The number of methoxy groups -OCH3 is 1. The summed E-state index contributed by atoms with van der Waals surface area (Å²) in [5, 5.41) is 2.93. The first kappa shape index (κ1) is 14.5. The van der Waals surface area contributed by atoms with Crippen LogP contribution in [0.25, 0.3) is 11.0 Å². The van der Waals surface area contributed by atoms with Crippen LogP contribution < -0.4 is 5.32 Å². The molecule has 5 heteroatoms. The number of hydrogen-bond acceptors (Lipinski definition) is 3. The minimum Gasteiger partial charge on any atom is -0.377 e. The van der Waals surface area contributed by atoms with Crippen molar-refractivity contribution in [2.24, 2.45) is 5.92 Å². The van der Waals surface area contributed by atoms with Gasteiger partial charge in [-0.25, -0.2) is 4.98 Å². The number of para-hydroxylation sites is 2. The Kier molecular flexibility index (Phi) is 4.74. The number of imidazole rings is 1. The van der Waals surface area contributed by atoms with Crippen LogP contribution in [0.2, 0.25) is 0 Å². The number of nitrogens with one attached hydrogen (secondary N) is 1. The Bertz CT molecular complexity index is 590. The molecule has 20 heavy (non-hydrogen) atoms. The maximum atomic E-state index is 12.0. The molecule has 0 saturated carbocycles. The molecule has 0 aliphatic rings. The molecule has 0 bridgehead atoms. The van der Waals surface area contributed by atoms with Crippen LogP contribution in [0.15, 0.2) is 24.3 Å². The minimum absolute atomic E-state index is 0.000735. The van der Waals surface area contributed by atoms with Gasteiger partial charge in [-0.3, -0.25) is 4.79 Å². The number of carbonyl (C=O) groups is 1. The van der Waals surface area contributed by atoms with E-state index in [1.165, 1.54) is 0 Å². The average molecular weight is 275 g/mol. The molecule has 1 aromatic carbocycles. The van der Waals surface area contributed by atoms with Gasteiger partial charge in [-0.1, -0.05) is 26.0 Å². The second kappa shape index (κ2) is 6.52. The predicted octanol–water partition coefficient (Wildman–Crippen LogP) is 1.95. The standard InChI is InChI=1S/C15H21N3O2/c1-11(2)8-16-15(19)9-18-13-7-5-4-6-12(13)17-14(18)10-20-3/h4-7,11H,8-10H2,1-3H3,(H,16,19). The van der Waals surface area contributed by atoms with Crippen molar-refractivity contribution in [2.75, 3.05) is 13.7 Å². The summed E-state index contributed by atoms with van der Waals surface area (Å²) in [4.78, 5) is 16.5. The van der Waals surface area contributed by atoms with Crippen LogP contribution >= 0.6 is 0 Å². The smallest absolute Gasteiger partial charge is 0.240 e. The monoisotopic (exact) mass is 275 g/mol. The van der Waals surface area contributed by atoms with E-state index in [1.54, 1.807) is 7.11 Å². The lowest BCUT2D eigenvalue weighted by Crippen LogP contribution is -2.31. The molecule has 0 fully saturated rings. The number of fused-ring (bicyclic) bond motifs is 1. The third kappa shape index (κ3) is 3.36. The van der Waals surface area contributed by atoms with Crippen LogP contribution in [-0.2, 0) is 22.7 Å². The van der Waals surface area contributed by atoms with E-state index in [9.17, 15) is 4.79 Å². The number of nitrogens with zero attached hydrogens (tertiary/aromatic N) is 2. The summed E-state index contributed by atoms with van der Waals surface area (Å²) in [6.45, 7) is 5.50. The van der Waals surface area contributed by atoms with Crippen LogP contribution in [0.3, 0.4) is 0 Å². The lowest BCUT2D eigenvalue weighted by Gasteiger charge is -2.11. The normalized spacial score (nSPS) is 11.2. The Hall–Kier alpha value is -1.88. The highest BCUT2D eigenvalue weighted by atomic mass is 16.5. The molecule has 1 N–H and O–H groups in total. The summed E-state index contributed by atoms with van der Waals surface area (Å²) in [5.41, 5.74) is 1.84. The van der Waals surface area contributed by atoms with E-state index >= 15 is 0 Å². The number of ether oxygens (including phenoxy) is 1. The molecule has 0 aliphatic heterocycles. The molecule has 1 aromatic heterocycles. The van der Waals surface area contributed by atoms with Gasteiger partial charge < -0.3 is 14.6 Å². The Labute approximate surface area is 118 Å². The molecule has 0 spiro atoms. The van der Waals surface area contributed by atoms with Crippen LogP contribution in [0, 0.1) is 5.92 Å². The van der Waals surface area contributed by atoms with Crippen molar-refractivity contribution in [2.45, 2.75) is 27.0 Å². The molecular weight excluding hydrogens is 254 g/mol. The first-order valence-electron chi connectivity index (χ1n) is 6.81. The van der Waals surface area contributed by atoms with Gasteiger partial charge in [0.2, 0.25) is 5.91 Å². The van der Waals surface area contributed by atoms with E-state index < -0.39 is 0 Å². The number of benzene rings is 1. The van der Waals surface area contributed by atoms with Crippen molar-refractivity contribution in [3.05, 3.63) is 30.1 Å². The van der Waals surface area contributed by atoms with Crippen molar-refractivity contribution < 1.29 is 9.53 Å². The molecule has 0 aliphatic carbocycles. The van der Waals surface area contributed by atoms with Crippen molar-refractivity contribution in [3.63, 3.8) is 0 Å². The maximum Gasteiger partial charge on any atom is 0.240 e. The summed E-state index contributed by atoms with van der Waals surface area (Å²) in [5.74, 6) is 1.21. The van der Waals surface area contributed by atoms with Gasteiger partial charge in [0, 0.05) is 13.7 Å². The quantitative estimate of drug-likeness (QED) is 0.876. The van der Waals surface area contributed by atoms with Gasteiger partial charge in [0.1, 0.15) is 19.0 Å². The van der Waals surface area contributed by atoms with E-state index in [-0.39, 0.29) is 12.5 Å². The molecule has 1 amide bonds.